The van der Waals surface area contributed by atoms with Crippen LogP contribution in [0.5, 0.6) is 5.75 Å². The highest BCUT2D eigenvalue weighted by Crippen LogP contribution is 2.25. The molecule has 0 amide bonds. The van der Waals surface area contributed by atoms with E-state index in [2.05, 4.69) is 28.1 Å². The van der Waals surface area contributed by atoms with Crippen LogP contribution in [0, 0.1) is 6.92 Å². The third kappa shape index (κ3) is 6.31. The molecule has 0 atom stereocenters. The molecule has 0 aliphatic carbocycles. The first-order valence-electron chi connectivity index (χ1n) is 9.56. The molecule has 0 aliphatic heterocycles. The Kier molecular flexibility index (Phi) is 8.28. The Hall–Kier alpha value is -2.38. The number of ether oxygens (including phenoxy) is 2. The lowest BCUT2D eigenvalue weighted by Crippen LogP contribution is -2.04. The molecule has 7 heteroatoms. The summed E-state index contributed by atoms with van der Waals surface area (Å²) in [4.78, 5) is 17.1. The second kappa shape index (κ2) is 11.1. The highest BCUT2D eigenvalue weighted by atomic mass is 32.2. The zero-order valence-electron chi connectivity index (χ0n) is 17.3. The minimum absolute atomic E-state index is 0.213. The van der Waals surface area contributed by atoms with Gasteiger partial charge in [0.2, 0.25) is 5.89 Å². The summed E-state index contributed by atoms with van der Waals surface area (Å²) in [6.07, 6.45) is 2.72. The first kappa shape index (κ1) is 22.3. The zero-order valence-corrected chi connectivity index (χ0v) is 19.0. The van der Waals surface area contributed by atoms with E-state index in [4.69, 9.17) is 9.15 Å². The number of esters is 1. The molecule has 0 saturated heterocycles. The molecule has 1 heterocycles. The molecule has 0 aliphatic rings. The minimum atomic E-state index is -0.213. The van der Waals surface area contributed by atoms with Crippen LogP contribution in [0.25, 0.3) is 11.5 Å². The van der Waals surface area contributed by atoms with E-state index in [0.29, 0.717) is 24.7 Å². The molecular weight excluding hydrogens is 418 g/mol. The number of benzene rings is 2. The molecule has 3 aromatic rings. The molecule has 0 spiro atoms. The van der Waals surface area contributed by atoms with Crippen molar-refractivity contribution in [3.8, 4) is 17.2 Å². The van der Waals surface area contributed by atoms with E-state index < -0.39 is 0 Å². The van der Waals surface area contributed by atoms with Gasteiger partial charge >= 0.3 is 5.97 Å². The monoisotopic (exact) mass is 443 g/mol. The maximum atomic E-state index is 11.2. The summed E-state index contributed by atoms with van der Waals surface area (Å²) >= 11 is 3.23. The lowest BCUT2D eigenvalue weighted by molar-refractivity contribution is -0.137. The minimum Gasteiger partial charge on any atom is -0.493 e. The number of carbonyl (C=O) groups excluding carboxylic acids is 1. The summed E-state index contributed by atoms with van der Waals surface area (Å²) in [6, 6.07) is 16.1. The number of carbonyl (C=O) groups is 1. The van der Waals surface area contributed by atoms with Crippen molar-refractivity contribution in [2.45, 2.75) is 24.0 Å². The average Bonchev–Trinajstić information content (AvgIpc) is 3.14. The van der Waals surface area contributed by atoms with Crippen LogP contribution in [0.3, 0.4) is 0 Å². The van der Waals surface area contributed by atoms with Crippen molar-refractivity contribution >= 4 is 29.5 Å². The van der Waals surface area contributed by atoms with Gasteiger partial charge in [-0.05, 0) is 55.1 Å². The molecule has 3 rings (SSSR count). The van der Waals surface area contributed by atoms with Crippen molar-refractivity contribution in [2.24, 2.45) is 0 Å². The summed E-state index contributed by atoms with van der Waals surface area (Å²) in [5, 5.41) is 0. The van der Waals surface area contributed by atoms with Crippen molar-refractivity contribution in [2.75, 3.05) is 25.7 Å². The molecule has 5 nitrogen and oxygen atoms in total. The Labute approximate surface area is 185 Å². The fourth-order valence-corrected chi connectivity index (χ4v) is 4.03. The fraction of sp³-hybridized carbons (Fsp3) is 0.304. The highest BCUT2D eigenvalue weighted by Gasteiger charge is 2.12. The molecule has 158 valence electrons. The molecule has 0 bridgehead atoms. The number of nitrogens with zero attached hydrogens (tertiary/aromatic N) is 1. The van der Waals surface area contributed by atoms with E-state index in [0.717, 1.165) is 34.1 Å². The van der Waals surface area contributed by atoms with Crippen LogP contribution in [-0.2, 0) is 21.7 Å². The molecule has 2 aromatic carbocycles. The predicted octanol–water partition coefficient (Wildman–Crippen LogP) is 5.40. The van der Waals surface area contributed by atoms with Gasteiger partial charge in [0, 0.05) is 22.6 Å². The lowest BCUT2D eigenvalue weighted by Gasteiger charge is -2.07. The Morgan fingerprint density at radius 2 is 1.97 bits per heavy atom. The maximum absolute atomic E-state index is 11.2. The standard InChI is InChI=1S/C23H25NO4S2/c1-16-21(24-23(28-16)18-7-9-20(29-3)10-8-18)11-12-27-19-6-4-5-17(13-19)14-30-15-22(25)26-2/h4-10,13H,11-12,14-15H2,1-3H3. The van der Waals surface area contributed by atoms with Crippen molar-refractivity contribution in [1.82, 2.24) is 4.98 Å². The van der Waals surface area contributed by atoms with Crippen LogP contribution in [0.15, 0.2) is 57.8 Å². The number of hydrogen-bond donors (Lipinski definition) is 0. The van der Waals surface area contributed by atoms with Crippen LogP contribution in [0.2, 0.25) is 0 Å². The van der Waals surface area contributed by atoms with E-state index in [1.165, 1.54) is 23.8 Å². The van der Waals surface area contributed by atoms with Crippen LogP contribution in [0.4, 0.5) is 0 Å². The molecule has 0 unspecified atom stereocenters. The molecule has 0 N–H and O–H groups in total. The average molecular weight is 444 g/mol. The number of hydrogen-bond acceptors (Lipinski definition) is 7. The number of thioether (sulfide) groups is 2. The number of aromatic nitrogens is 1. The summed E-state index contributed by atoms with van der Waals surface area (Å²) in [5.74, 6) is 3.12. The molecule has 0 saturated carbocycles. The van der Waals surface area contributed by atoms with Gasteiger partial charge < -0.3 is 13.9 Å². The number of aryl methyl sites for hydroxylation is 1. The number of oxazole rings is 1. The predicted molar refractivity (Wildman–Crippen MR) is 122 cm³/mol. The van der Waals surface area contributed by atoms with Gasteiger partial charge in [-0.15, -0.1) is 23.5 Å². The van der Waals surface area contributed by atoms with Crippen molar-refractivity contribution in [3.63, 3.8) is 0 Å². The summed E-state index contributed by atoms with van der Waals surface area (Å²) in [6.45, 7) is 2.44. The van der Waals surface area contributed by atoms with E-state index in [1.807, 2.05) is 43.3 Å². The fourth-order valence-electron chi connectivity index (χ4n) is 2.82. The zero-order chi connectivity index (χ0) is 21.3. The Morgan fingerprint density at radius 3 is 2.70 bits per heavy atom. The quantitative estimate of drug-likeness (QED) is 0.307. The Bertz CT molecular complexity index is 970. The van der Waals surface area contributed by atoms with Gasteiger partial charge in [0.15, 0.2) is 0 Å². The molecular formula is C23H25NO4S2. The summed E-state index contributed by atoms with van der Waals surface area (Å²) in [7, 11) is 1.40. The van der Waals surface area contributed by atoms with E-state index in [1.54, 1.807) is 11.8 Å². The molecule has 0 fully saturated rings. The molecule has 1 aromatic heterocycles. The number of methoxy groups -OCH3 is 1. The summed E-state index contributed by atoms with van der Waals surface area (Å²) < 4.78 is 16.4. The summed E-state index contributed by atoms with van der Waals surface area (Å²) in [5.41, 5.74) is 2.99. The first-order valence-corrected chi connectivity index (χ1v) is 11.9. The van der Waals surface area contributed by atoms with Crippen LogP contribution in [-0.4, -0.2) is 36.7 Å². The van der Waals surface area contributed by atoms with Gasteiger partial charge in [0.05, 0.1) is 25.2 Å². The second-order valence-electron chi connectivity index (χ2n) is 6.57. The normalized spacial score (nSPS) is 10.8. The van der Waals surface area contributed by atoms with Gasteiger partial charge in [-0.25, -0.2) is 4.98 Å². The van der Waals surface area contributed by atoms with Gasteiger partial charge in [-0.1, -0.05) is 12.1 Å². The second-order valence-corrected chi connectivity index (χ2v) is 8.43. The van der Waals surface area contributed by atoms with Crippen molar-refractivity contribution in [1.29, 1.82) is 0 Å². The lowest BCUT2D eigenvalue weighted by atomic mass is 10.2. The highest BCUT2D eigenvalue weighted by molar-refractivity contribution is 7.99. The van der Waals surface area contributed by atoms with Crippen LogP contribution >= 0.6 is 23.5 Å². The van der Waals surface area contributed by atoms with Crippen LogP contribution < -0.4 is 4.74 Å². The third-order valence-corrected chi connectivity index (χ3v) is 6.17. The number of rotatable bonds is 10. The third-order valence-electron chi connectivity index (χ3n) is 4.45. The maximum Gasteiger partial charge on any atom is 0.315 e. The van der Waals surface area contributed by atoms with E-state index in [-0.39, 0.29) is 5.97 Å². The van der Waals surface area contributed by atoms with E-state index >= 15 is 0 Å². The van der Waals surface area contributed by atoms with Crippen molar-refractivity contribution < 1.29 is 18.7 Å². The van der Waals surface area contributed by atoms with Gasteiger partial charge in [0.25, 0.3) is 0 Å². The Balaban J connectivity index is 1.53. The van der Waals surface area contributed by atoms with E-state index in [9.17, 15) is 4.79 Å². The SMILES string of the molecule is COC(=O)CSCc1cccc(OCCc2nc(-c3ccc(SC)cc3)oc2C)c1. The largest absolute Gasteiger partial charge is 0.493 e. The topological polar surface area (TPSA) is 61.6 Å². The Morgan fingerprint density at radius 1 is 1.17 bits per heavy atom. The van der Waals surface area contributed by atoms with Crippen molar-refractivity contribution in [3.05, 3.63) is 65.5 Å². The van der Waals surface area contributed by atoms with Crippen LogP contribution in [0.1, 0.15) is 17.0 Å². The van der Waals surface area contributed by atoms with Gasteiger partial charge in [0.1, 0.15) is 11.5 Å². The van der Waals surface area contributed by atoms with Gasteiger partial charge in [-0.2, -0.15) is 0 Å². The van der Waals surface area contributed by atoms with Gasteiger partial charge in [-0.3, -0.25) is 4.79 Å². The smallest absolute Gasteiger partial charge is 0.315 e. The first-order chi connectivity index (χ1) is 14.6. The molecule has 0 radical (unpaired) electrons. The molecule has 30 heavy (non-hydrogen) atoms.